The minimum atomic E-state index is 0. The van der Waals surface area contributed by atoms with Gasteiger partial charge in [0, 0.05) is 0 Å². The van der Waals surface area contributed by atoms with Crippen LogP contribution < -0.4 is 0 Å². The Kier molecular flexibility index (Phi) is 8.40. The summed E-state index contributed by atoms with van der Waals surface area (Å²) in [4.78, 5) is 0. The summed E-state index contributed by atoms with van der Waals surface area (Å²) in [6.07, 6.45) is 1.83. The van der Waals surface area contributed by atoms with Crippen molar-refractivity contribution in [1.29, 1.82) is 0 Å². The van der Waals surface area contributed by atoms with Crippen molar-refractivity contribution in [2.75, 3.05) is 0 Å². The van der Waals surface area contributed by atoms with Crippen molar-refractivity contribution in [3.05, 3.63) is 91.0 Å². The highest BCUT2D eigenvalue weighted by Crippen LogP contribution is 2.11. The average molecular weight is 266 g/mol. The summed E-state index contributed by atoms with van der Waals surface area (Å²) in [6.45, 7) is 3.63. The van der Waals surface area contributed by atoms with Gasteiger partial charge in [-0.3, -0.25) is 0 Å². The standard InChI is InChI=1S/C10H8.C8H8.CH4.H2O/c1-2-6-10-8-4-3-7-9(10)5-1;1-2-8-6-4-3-5-7-8;;/h1-8H;2-7H,1H2;1H4;1H2. The molecule has 0 aromatic heterocycles. The van der Waals surface area contributed by atoms with Gasteiger partial charge in [0.1, 0.15) is 0 Å². The molecule has 3 aromatic rings. The van der Waals surface area contributed by atoms with Crippen molar-refractivity contribution in [2.45, 2.75) is 7.43 Å². The predicted octanol–water partition coefficient (Wildman–Crippen LogP) is 4.98. The van der Waals surface area contributed by atoms with Crippen LogP contribution in [0.4, 0.5) is 0 Å². The van der Waals surface area contributed by atoms with Gasteiger partial charge in [0.25, 0.3) is 0 Å². The van der Waals surface area contributed by atoms with Crippen molar-refractivity contribution in [2.24, 2.45) is 0 Å². The second kappa shape index (κ2) is 9.54. The van der Waals surface area contributed by atoms with Crippen molar-refractivity contribution in [1.82, 2.24) is 0 Å². The molecule has 0 bridgehead atoms. The van der Waals surface area contributed by atoms with Gasteiger partial charge in [-0.1, -0.05) is 98.9 Å². The predicted molar refractivity (Wildman–Crippen MR) is 90.8 cm³/mol. The van der Waals surface area contributed by atoms with Crippen LogP contribution in [-0.2, 0) is 0 Å². The Balaban J connectivity index is 0.000000336. The van der Waals surface area contributed by atoms with Crippen LogP contribution in [0, 0.1) is 0 Å². The topological polar surface area (TPSA) is 31.5 Å². The monoisotopic (exact) mass is 266 g/mol. The third-order valence-electron chi connectivity index (χ3n) is 2.69. The zero-order valence-electron chi connectivity index (χ0n) is 10.8. The third kappa shape index (κ3) is 5.09. The number of hydrogen-bond acceptors (Lipinski definition) is 0. The zero-order chi connectivity index (χ0) is 12.6. The van der Waals surface area contributed by atoms with Crippen LogP contribution in [-0.4, -0.2) is 5.48 Å². The highest BCUT2D eigenvalue weighted by Gasteiger charge is 1.85. The van der Waals surface area contributed by atoms with E-state index in [0.29, 0.717) is 0 Å². The lowest BCUT2D eigenvalue weighted by atomic mass is 10.1. The summed E-state index contributed by atoms with van der Waals surface area (Å²) in [7, 11) is 0. The molecule has 0 spiro atoms. The third-order valence-corrected chi connectivity index (χ3v) is 2.69. The van der Waals surface area contributed by atoms with Gasteiger partial charge in [-0.05, 0) is 16.3 Å². The van der Waals surface area contributed by atoms with Gasteiger partial charge in [-0.2, -0.15) is 0 Å². The molecule has 0 heterocycles. The highest BCUT2D eigenvalue weighted by molar-refractivity contribution is 5.81. The minimum absolute atomic E-state index is 0. The van der Waals surface area contributed by atoms with Crippen LogP contribution in [0.5, 0.6) is 0 Å². The Morgan fingerprint density at radius 1 is 0.600 bits per heavy atom. The van der Waals surface area contributed by atoms with E-state index in [1.807, 2.05) is 36.4 Å². The Bertz CT molecular complexity index is 549. The van der Waals surface area contributed by atoms with Crippen molar-refractivity contribution in [3.63, 3.8) is 0 Å². The highest BCUT2D eigenvalue weighted by atomic mass is 16.0. The lowest BCUT2D eigenvalue weighted by Gasteiger charge is -1.92. The number of hydrogen-bond donors (Lipinski definition) is 0. The van der Waals surface area contributed by atoms with Crippen LogP contribution in [0.2, 0.25) is 0 Å². The molecule has 104 valence electrons. The molecule has 0 aliphatic heterocycles. The van der Waals surface area contributed by atoms with Gasteiger partial charge in [-0.15, -0.1) is 0 Å². The van der Waals surface area contributed by atoms with Crippen LogP contribution in [0.1, 0.15) is 13.0 Å². The molecule has 2 N–H and O–H groups in total. The molecular formula is C19H22O. The van der Waals surface area contributed by atoms with Gasteiger partial charge in [-0.25, -0.2) is 0 Å². The largest absolute Gasteiger partial charge is 0.412 e. The Morgan fingerprint density at radius 2 is 0.950 bits per heavy atom. The van der Waals surface area contributed by atoms with Crippen LogP contribution in [0.3, 0.4) is 0 Å². The first-order valence-corrected chi connectivity index (χ1v) is 6.01. The van der Waals surface area contributed by atoms with Gasteiger partial charge < -0.3 is 5.48 Å². The lowest BCUT2D eigenvalue weighted by Crippen LogP contribution is -1.67. The molecule has 0 unspecified atom stereocenters. The first kappa shape index (κ1) is 17.6. The number of benzene rings is 3. The fourth-order valence-electron chi connectivity index (χ4n) is 1.72. The van der Waals surface area contributed by atoms with E-state index in [1.165, 1.54) is 16.3 Å². The normalized spacial score (nSPS) is 8.40. The molecule has 0 aliphatic carbocycles. The summed E-state index contributed by atoms with van der Waals surface area (Å²) >= 11 is 0. The van der Waals surface area contributed by atoms with Crippen LogP contribution >= 0.6 is 0 Å². The van der Waals surface area contributed by atoms with Gasteiger partial charge in [0.2, 0.25) is 0 Å². The smallest absolute Gasteiger partial charge is 0.0184 e. The summed E-state index contributed by atoms with van der Waals surface area (Å²) in [5.41, 5.74) is 1.17. The Morgan fingerprint density at radius 3 is 1.25 bits per heavy atom. The van der Waals surface area contributed by atoms with E-state index in [0.717, 1.165) is 0 Å². The van der Waals surface area contributed by atoms with E-state index in [4.69, 9.17) is 0 Å². The molecule has 0 aliphatic rings. The number of fused-ring (bicyclic) bond motifs is 1. The molecular weight excluding hydrogens is 244 g/mol. The maximum absolute atomic E-state index is 3.63. The first-order chi connectivity index (χ1) is 8.90. The Labute approximate surface area is 121 Å². The first-order valence-electron chi connectivity index (χ1n) is 6.01. The van der Waals surface area contributed by atoms with E-state index in [2.05, 4.69) is 55.1 Å². The molecule has 0 fully saturated rings. The van der Waals surface area contributed by atoms with E-state index in [9.17, 15) is 0 Å². The van der Waals surface area contributed by atoms with Crippen molar-refractivity contribution < 1.29 is 5.48 Å². The van der Waals surface area contributed by atoms with Crippen molar-refractivity contribution >= 4 is 16.8 Å². The molecule has 0 saturated carbocycles. The molecule has 0 atom stereocenters. The molecule has 1 nitrogen and oxygen atoms in total. The average Bonchev–Trinajstić information content (AvgIpc) is 2.49. The quantitative estimate of drug-likeness (QED) is 0.595. The molecule has 0 saturated heterocycles. The molecule has 0 radical (unpaired) electrons. The molecule has 3 aromatic carbocycles. The Hall–Kier alpha value is -2.38. The molecule has 1 heteroatoms. The second-order valence-corrected chi connectivity index (χ2v) is 3.96. The van der Waals surface area contributed by atoms with E-state index < -0.39 is 0 Å². The summed E-state index contributed by atoms with van der Waals surface area (Å²) < 4.78 is 0. The van der Waals surface area contributed by atoms with E-state index in [1.54, 1.807) is 0 Å². The molecule has 20 heavy (non-hydrogen) atoms. The van der Waals surface area contributed by atoms with Crippen molar-refractivity contribution in [3.8, 4) is 0 Å². The SMILES string of the molecule is C.C=Cc1ccccc1.O.c1ccc2ccccc2c1. The minimum Gasteiger partial charge on any atom is -0.412 e. The lowest BCUT2D eigenvalue weighted by molar-refractivity contribution is 0.824. The second-order valence-electron chi connectivity index (χ2n) is 3.96. The van der Waals surface area contributed by atoms with E-state index >= 15 is 0 Å². The fourth-order valence-corrected chi connectivity index (χ4v) is 1.72. The van der Waals surface area contributed by atoms with Crippen LogP contribution in [0.15, 0.2) is 85.4 Å². The summed E-state index contributed by atoms with van der Waals surface area (Å²) in [5.74, 6) is 0. The van der Waals surface area contributed by atoms with Crippen LogP contribution in [0.25, 0.3) is 16.8 Å². The summed E-state index contributed by atoms with van der Waals surface area (Å²) in [5, 5.41) is 2.62. The maximum atomic E-state index is 3.63. The zero-order valence-corrected chi connectivity index (χ0v) is 10.8. The van der Waals surface area contributed by atoms with E-state index in [-0.39, 0.29) is 12.9 Å². The maximum Gasteiger partial charge on any atom is -0.0184 e. The molecule has 0 amide bonds. The van der Waals surface area contributed by atoms with Gasteiger partial charge >= 0.3 is 0 Å². The van der Waals surface area contributed by atoms with Gasteiger partial charge in [0.05, 0.1) is 0 Å². The molecule has 3 rings (SSSR count). The van der Waals surface area contributed by atoms with Gasteiger partial charge in [0.15, 0.2) is 0 Å². The summed E-state index contributed by atoms with van der Waals surface area (Å²) in [6, 6.07) is 26.7. The fraction of sp³-hybridized carbons (Fsp3) is 0.0526. The number of rotatable bonds is 1.